The lowest BCUT2D eigenvalue weighted by Crippen LogP contribution is -2.53. The third kappa shape index (κ3) is 3.84. The molecule has 1 fully saturated rings. The predicted molar refractivity (Wildman–Crippen MR) is 82.6 cm³/mol. The number of nitrogens with zero attached hydrogens (tertiary/aromatic N) is 1. The summed E-state index contributed by atoms with van der Waals surface area (Å²) in [7, 11) is 0. The fourth-order valence-corrected chi connectivity index (χ4v) is 2.62. The Morgan fingerprint density at radius 2 is 2.05 bits per heavy atom. The van der Waals surface area contributed by atoms with Crippen LogP contribution in [0.1, 0.15) is 25.3 Å². The topological polar surface area (TPSA) is 98.7 Å². The maximum Gasteiger partial charge on any atom is 0.242 e. The third-order valence-corrected chi connectivity index (χ3v) is 4.01. The molecule has 22 heavy (non-hydrogen) atoms. The number of primary amides is 1. The normalized spacial score (nSPS) is 20.6. The molecule has 0 radical (unpaired) electrons. The van der Waals surface area contributed by atoms with Gasteiger partial charge in [0.1, 0.15) is 12.1 Å². The molecule has 3 atom stereocenters. The molecule has 120 valence electrons. The van der Waals surface area contributed by atoms with Gasteiger partial charge >= 0.3 is 0 Å². The first-order chi connectivity index (χ1) is 10.5. The average molecular weight is 305 g/mol. The molecular formula is C16H23N3O3. The molecule has 0 saturated carbocycles. The highest BCUT2D eigenvalue weighted by Crippen LogP contribution is 2.19. The monoisotopic (exact) mass is 305 g/mol. The van der Waals surface area contributed by atoms with Crippen LogP contribution in [-0.2, 0) is 20.9 Å². The summed E-state index contributed by atoms with van der Waals surface area (Å²) in [5.74, 6) is -0.752. The number of carbonyl (C=O) groups excluding carboxylic acids is 2. The Bertz CT molecular complexity index is 521. The second-order valence-electron chi connectivity index (χ2n) is 5.62. The number of rotatable bonds is 6. The van der Waals surface area contributed by atoms with E-state index in [0.29, 0.717) is 19.6 Å². The summed E-state index contributed by atoms with van der Waals surface area (Å²) >= 11 is 0. The van der Waals surface area contributed by atoms with Gasteiger partial charge < -0.3 is 21.1 Å². The van der Waals surface area contributed by atoms with Crippen LogP contribution in [0.15, 0.2) is 30.3 Å². The second-order valence-corrected chi connectivity index (χ2v) is 5.62. The van der Waals surface area contributed by atoms with Gasteiger partial charge in [-0.15, -0.1) is 0 Å². The van der Waals surface area contributed by atoms with E-state index in [4.69, 9.17) is 16.2 Å². The maximum atomic E-state index is 12.4. The van der Waals surface area contributed by atoms with Crippen LogP contribution in [0.2, 0.25) is 0 Å². The number of hydrogen-bond donors (Lipinski definition) is 2. The van der Waals surface area contributed by atoms with Crippen molar-refractivity contribution in [3.63, 3.8) is 0 Å². The van der Waals surface area contributed by atoms with Crippen LogP contribution in [-0.4, -0.2) is 41.4 Å². The predicted octanol–water partition coefficient (Wildman–Crippen LogP) is 0.395. The molecule has 1 aromatic carbocycles. The smallest absolute Gasteiger partial charge is 0.242 e. The summed E-state index contributed by atoms with van der Waals surface area (Å²) in [4.78, 5) is 25.3. The van der Waals surface area contributed by atoms with Gasteiger partial charge in [-0.25, -0.2) is 0 Å². The second kappa shape index (κ2) is 7.38. The zero-order valence-electron chi connectivity index (χ0n) is 12.8. The van der Waals surface area contributed by atoms with Gasteiger partial charge in [-0.05, 0) is 25.3 Å². The van der Waals surface area contributed by atoms with Crippen LogP contribution in [0, 0.1) is 0 Å². The van der Waals surface area contributed by atoms with Crippen LogP contribution in [0.25, 0.3) is 0 Å². The van der Waals surface area contributed by atoms with E-state index in [2.05, 4.69) is 0 Å². The van der Waals surface area contributed by atoms with Crippen molar-refractivity contribution in [3.8, 4) is 0 Å². The quantitative estimate of drug-likeness (QED) is 0.794. The van der Waals surface area contributed by atoms with Crippen LogP contribution in [0.3, 0.4) is 0 Å². The van der Waals surface area contributed by atoms with Crippen molar-refractivity contribution in [2.75, 3.05) is 6.54 Å². The van der Waals surface area contributed by atoms with Crippen LogP contribution in [0.4, 0.5) is 0 Å². The fraction of sp³-hybridized carbons (Fsp3) is 0.500. The van der Waals surface area contributed by atoms with Gasteiger partial charge in [-0.1, -0.05) is 30.3 Å². The summed E-state index contributed by atoms with van der Waals surface area (Å²) in [5.41, 5.74) is 12.3. The largest absolute Gasteiger partial charge is 0.372 e. The molecule has 1 aliphatic heterocycles. The molecular weight excluding hydrogens is 282 g/mol. The van der Waals surface area contributed by atoms with E-state index in [1.54, 1.807) is 6.92 Å². The van der Waals surface area contributed by atoms with Crippen LogP contribution in [0.5, 0.6) is 0 Å². The van der Waals surface area contributed by atoms with Gasteiger partial charge in [-0.2, -0.15) is 0 Å². The molecule has 4 N–H and O–H groups in total. The van der Waals surface area contributed by atoms with Gasteiger partial charge in [0.15, 0.2) is 0 Å². The lowest BCUT2D eigenvalue weighted by Gasteiger charge is -2.28. The lowest BCUT2D eigenvalue weighted by molar-refractivity contribution is -0.141. The molecule has 0 bridgehead atoms. The van der Waals surface area contributed by atoms with Gasteiger partial charge in [0.2, 0.25) is 11.8 Å². The molecule has 2 rings (SSSR count). The number of carbonyl (C=O) groups is 2. The van der Waals surface area contributed by atoms with E-state index >= 15 is 0 Å². The van der Waals surface area contributed by atoms with E-state index in [1.165, 1.54) is 4.90 Å². The van der Waals surface area contributed by atoms with E-state index in [9.17, 15) is 9.59 Å². The van der Waals surface area contributed by atoms with E-state index < -0.39 is 24.1 Å². The Labute approximate surface area is 130 Å². The molecule has 0 unspecified atom stereocenters. The fourth-order valence-electron chi connectivity index (χ4n) is 2.62. The number of amides is 2. The molecule has 6 nitrogen and oxygen atoms in total. The van der Waals surface area contributed by atoms with Crippen molar-refractivity contribution in [1.29, 1.82) is 0 Å². The van der Waals surface area contributed by atoms with Gasteiger partial charge in [0, 0.05) is 6.54 Å². The Balaban J connectivity index is 1.90. The third-order valence-electron chi connectivity index (χ3n) is 4.01. The average Bonchev–Trinajstić information content (AvgIpc) is 3.02. The van der Waals surface area contributed by atoms with Gasteiger partial charge in [0.05, 0.1) is 12.7 Å². The van der Waals surface area contributed by atoms with Crippen molar-refractivity contribution in [2.24, 2.45) is 11.5 Å². The lowest BCUT2D eigenvalue weighted by atomic mass is 10.1. The van der Waals surface area contributed by atoms with E-state index in [1.807, 2.05) is 30.3 Å². The first kappa shape index (κ1) is 16.5. The molecule has 1 heterocycles. The zero-order valence-corrected chi connectivity index (χ0v) is 12.8. The van der Waals surface area contributed by atoms with Crippen molar-refractivity contribution in [2.45, 2.75) is 44.6 Å². The van der Waals surface area contributed by atoms with Gasteiger partial charge in [0.25, 0.3) is 0 Å². The Hall–Kier alpha value is -1.92. The number of ether oxygens (including phenoxy) is 1. The minimum Gasteiger partial charge on any atom is -0.372 e. The standard InChI is InChI=1S/C16H23N3O3/c1-11(22-10-12-6-3-2-4-7-12)14(17)16(21)19-9-5-8-13(19)15(18)20/h2-4,6-7,11,13-14H,5,8-10,17H2,1H3,(H2,18,20)/t11-,13+,14+/m1/s1. The SMILES string of the molecule is C[C@@H](OCc1ccccc1)[C@H](N)C(=O)N1CCC[C@H]1C(N)=O. The Morgan fingerprint density at radius 1 is 1.36 bits per heavy atom. The molecule has 1 saturated heterocycles. The number of likely N-dealkylation sites (tertiary alicyclic amines) is 1. The molecule has 1 aliphatic rings. The molecule has 0 spiro atoms. The number of hydrogen-bond acceptors (Lipinski definition) is 4. The highest BCUT2D eigenvalue weighted by atomic mass is 16.5. The molecule has 0 aliphatic carbocycles. The van der Waals surface area contributed by atoms with Gasteiger partial charge in [-0.3, -0.25) is 9.59 Å². The molecule has 6 heteroatoms. The van der Waals surface area contributed by atoms with E-state index in [0.717, 1.165) is 12.0 Å². The Kier molecular flexibility index (Phi) is 5.51. The number of benzene rings is 1. The first-order valence-electron chi connectivity index (χ1n) is 7.51. The minimum atomic E-state index is -0.802. The molecule has 1 aromatic rings. The highest BCUT2D eigenvalue weighted by Gasteiger charge is 2.36. The number of nitrogens with two attached hydrogens (primary N) is 2. The Morgan fingerprint density at radius 3 is 2.68 bits per heavy atom. The summed E-state index contributed by atoms with van der Waals surface area (Å²) in [6.45, 7) is 2.68. The minimum absolute atomic E-state index is 0.276. The van der Waals surface area contributed by atoms with Crippen LogP contribution >= 0.6 is 0 Å². The molecule has 2 amide bonds. The zero-order chi connectivity index (χ0) is 16.1. The van der Waals surface area contributed by atoms with Crippen molar-refractivity contribution >= 4 is 11.8 Å². The van der Waals surface area contributed by atoms with Crippen molar-refractivity contribution in [1.82, 2.24) is 4.90 Å². The summed E-state index contributed by atoms with van der Waals surface area (Å²) in [6.07, 6.45) is 0.931. The highest BCUT2D eigenvalue weighted by molar-refractivity contribution is 5.89. The summed E-state index contributed by atoms with van der Waals surface area (Å²) in [6, 6.07) is 8.34. The van der Waals surface area contributed by atoms with Crippen LogP contribution < -0.4 is 11.5 Å². The van der Waals surface area contributed by atoms with E-state index in [-0.39, 0.29) is 5.91 Å². The summed E-state index contributed by atoms with van der Waals surface area (Å²) in [5, 5.41) is 0. The summed E-state index contributed by atoms with van der Waals surface area (Å²) < 4.78 is 5.68. The first-order valence-corrected chi connectivity index (χ1v) is 7.51. The van der Waals surface area contributed by atoms with Crippen molar-refractivity contribution < 1.29 is 14.3 Å². The maximum absolute atomic E-state index is 12.4. The van der Waals surface area contributed by atoms with Crippen molar-refractivity contribution in [3.05, 3.63) is 35.9 Å². The molecule has 0 aromatic heterocycles.